The van der Waals surface area contributed by atoms with E-state index in [0.717, 1.165) is 43.9 Å². The minimum atomic E-state index is -0.283. The third kappa shape index (κ3) is 5.85. The number of nitrogens with one attached hydrogen (secondary N) is 1. The van der Waals surface area contributed by atoms with Crippen molar-refractivity contribution in [2.24, 2.45) is 0 Å². The van der Waals surface area contributed by atoms with Crippen LogP contribution in [0.2, 0.25) is 5.02 Å². The van der Waals surface area contributed by atoms with Crippen LogP contribution >= 0.6 is 11.6 Å². The number of benzene rings is 3. The van der Waals surface area contributed by atoms with Crippen molar-refractivity contribution in [3.63, 3.8) is 0 Å². The standard InChI is InChI=1S/C29H33ClN2O/c30-28-14-12-27(13-15-28)29(22-31-23-33,26-10-5-2-6-11-26)18-7-19-32-20-16-25(17-21-32)24-8-3-1-4-9-24/h1-6,8-15,23,25H,7,16-22H2,(H,31,33). The smallest absolute Gasteiger partial charge is 0.207 e. The summed E-state index contributed by atoms with van der Waals surface area (Å²) in [5.74, 6) is 0.678. The van der Waals surface area contributed by atoms with Gasteiger partial charge in [-0.25, -0.2) is 0 Å². The van der Waals surface area contributed by atoms with Gasteiger partial charge in [0.2, 0.25) is 6.41 Å². The Labute approximate surface area is 202 Å². The summed E-state index contributed by atoms with van der Waals surface area (Å²) in [6, 6.07) is 29.6. The monoisotopic (exact) mass is 460 g/mol. The Balaban J connectivity index is 1.45. The lowest BCUT2D eigenvalue weighted by molar-refractivity contribution is -0.109. The topological polar surface area (TPSA) is 32.3 Å². The molecule has 1 amide bonds. The van der Waals surface area contributed by atoms with Crippen molar-refractivity contribution >= 4 is 18.0 Å². The minimum absolute atomic E-state index is 0.283. The van der Waals surface area contributed by atoms with Crippen molar-refractivity contribution in [1.82, 2.24) is 10.2 Å². The molecule has 172 valence electrons. The Morgan fingerprint density at radius 3 is 2.12 bits per heavy atom. The maximum Gasteiger partial charge on any atom is 0.207 e. The number of nitrogens with zero attached hydrogens (tertiary/aromatic N) is 1. The van der Waals surface area contributed by atoms with Crippen molar-refractivity contribution in [3.05, 3.63) is 107 Å². The van der Waals surface area contributed by atoms with E-state index >= 15 is 0 Å². The molecule has 0 spiro atoms. The molecule has 4 rings (SSSR count). The molecule has 1 heterocycles. The van der Waals surface area contributed by atoms with Crippen LogP contribution in [0.3, 0.4) is 0 Å². The van der Waals surface area contributed by atoms with E-state index in [4.69, 9.17) is 11.6 Å². The molecule has 4 heteroatoms. The number of likely N-dealkylation sites (tertiary alicyclic amines) is 1. The first-order chi connectivity index (χ1) is 16.2. The van der Waals surface area contributed by atoms with Crippen LogP contribution in [0.4, 0.5) is 0 Å². The normalized spacial score (nSPS) is 16.8. The van der Waals surface area contributed by atoms with Gasteiger partial charge in [0.05, 0.1) is 0 Å². The second-order valence-corrected chi connectivity index (χ2v) is 9.52. The van der Waals surface area contributed by atoms with Crippen LogP contribution in [-0.4, -0.2) is 37.5 Å². The molecule has 1 aliphatic heterocycles. The summed E-state index contributed by atoms with van der Waals surface area (Å²) in [7, 11) is 0. The van der Waals surface area contributed by atoms with Gasteiger partial charge in [0.15, 0.2) is 0 Å². The molecular formula is C29H33ClN2O. The predicted molar refractivity (Wildman–Crippen MR) is 137 cm³/mol. The van der Waals surface area contributed by atoms with Gasteiger partial charge in [-0.2, -0.15) is 0 Å². The molecule has 1 unspecified atom stereocenters. The van der Waals surface area contributed by atoms with Crippen molar-refractivity contribution in [2.75, 3.05) is 26.2 Å². The minimum Gasteiger partial charge on any atom is -0.357 e. The second-order valence-electron chi connectivity index (χ2n) is 9.08. The van der Waals surface area contributed by atoms with E-state index in [0.29, 0.717) is 12.5 Å². The van der Waals surface area contributed by atoms with Gasteiger partial charge < -0.3 is 10.2 Å². The molecule has 3 aromatic rings. The van der Waals surface area contributed by atoms with E-state index in [-0.39, 0.29) is 5.41 Å². The average Bonchev–Trinajstić information content (AvgIpc) is 2.88. The van der Waals surface area contributed by atoms with E-state index in [1.54, 1.807) is 0 Å². The highest BCUT2D eigenvalue weighted by atomic mass is 35.5. The summed E-state index contributed by atoms with van der Waals surface area (Å²) in [6.45, 7) is 3.93. The van der Waals surface area contributed by atoms with Crippen molar-refractivity contribution in [1.29, 1.82) is 0 Å². The fourth-order valence-electron chi connectivity index (χ4n) is 5.31. The number of carbonyl (C=O) groups excluding carboxylic acids is 1. The van der Waals surface area contributed by atoms with Gasteiger partial charge in [0, 0.05) is 17.0 Å². The summed E-state index contributed by atoms with van der Waals surface area (Å²) in [5, 5.41) is 3.71. The lowest BCUT2D eigenvalue weighted by Crippen LogP contribution is -2.40. The second kappa shape index (κ2) is 11.5. The van der Waals surface area contributed by atoms with Crippen LogP contribution in [0.15, 0.2) is 84.9 Å². The van der Waals surface area contributed by atoms with Gasteiger partial charge >= 0.3 is 0 Å². The SMILES string of the molecule is O=CNCC(CCCN1CCC(c2ccccc2)CC1)(c1ccccc1)c1ccc(Cl)cc1. The Bertz CT molecular complexity index is 985. The molecule has 1 N–H and O–H groups in total. The molecule has 33 heavy (non-hydrogen) atoms. The lowest BCUT2D eigenvalue weighted by atomic mass is 9.71. The van der Waals surface area contributed by atoms with Crippen LogP contribution in [-0.2, 0) is 10.2 Å². The number of hydrogen-bond acceptors (Lipinski definition) is 2. The van der Waals surface area contributed by atoms with Crippen molar-refractivity contribution in [2.45, 2.75) is 37.0 Å². The van der Waals surface area contributed by atoms with Gasteiger partial charge in [0.1, 0.15) is 0 Å². The zero-order chi connectivity index (χ0) is 22.9. The van der Waals surface area contributed by atoms with Crippen molar-refractivity contribution < 1.29 is 4.79 Å². The average molecular weight is 461 g/mol. The molecule has 3 aromatic carbocycles. The zero-order valence-corrected chi connectivity index (χ0v) is 19.9. The Morgan fingerprint density at radius 2 is 1.48 bits per heavy atom. The molecule has 1 fully saturated rings. The molecule has 0 aromatic heterocycles. The quantitative estimate of drug-likeness (QED) is 0.374. The van der Waals surface area contributed by atoms with E-state index in [1.165, 1.54) is 29.5 Å². The highest BCUT2D eigenvalue weighted by Gasteiger charge is 2.34. The largest absolute Gasteiger partial charge is 0.357 e. The molecule has 0 aliphatic carbocycles. The molecule has 1 aliphatic rings. The highest BCUT2D eigenvalue weighted by Crippen LogP contribution is 2.37. The summed E-state index contributed by atoms with van der Waals surface area (Å²) < 4.78 is 0. The van der Waals surface area contributed by atoms with Gasteiger partial charge in [-0.1, -0.05) is 84.4 Å². The highest BCUT2D eigenvalue weighted by molar-refractivity contribution is 6.30. The molecule has 3 nitrogen and oxygen atoms in total. The lowest BCUT2D eigenvalue weighted by Gasteiger charge is -2.37. The number of carbonyl (C=O) groups is 1. The summed E-state index contributed by atoms with van der Waals surface area (Å²) in [6.07, 6.45) is 5.27. The summed E-state index contributed by atoms with van der Waals surface area (Å²) in [4.78, 5) is 13.9. The maximum atomic E-state index is 11.3. The van der Waals surface area contributed by atoms with E-state index in [1.807, 2.05) is 18.2 Å². The van der Waals surface area contributed by atoms with Crippen LogP contribution in [0.5, 0.6) is 0 Å². The Hall–Kier alpha value is -2.62. The van der Waals surface area contributed by atoms with E-state index < -0.39 is 0 Å². The number of piperidine rings is 1. The third-order valence-corrected chi connectivity index (χ3v) is 7.40. The molecule has 0 radical (unpaired) electrons. The number of rotatable bonds is 10. The molecule has 1 atom stereocenters. The van der Waals surface area contributed by atoms with Gasteiger partial charge in [-0.3, -0.25) is 4.79 Å². The molecule has 0 saturated carbocycles. The van der Waals surface area contributed by atoms with Gasteiger partial charge in [0.25, 0.3) is 0 Å². The summed E-state index contributed by atoms with van der Waals surface area (Å²) in [5.41, 5.74) is 3.61. The fraction of sp³-hybridized carbons (Fsp3) is 0.345. The van der Waals surface area contributed by atoms with Crippen LogP contribution in [0, 0.1) is 0 Å². The fourth-order valence-corrected chi connectivity index (χ4v) is 5.44. The first-order valence-electron chi connectivity index (χ1n) is 12.0. The maximum absolute atomic E-state index is 11.3. The third-order valence-electron chi connectivity index (χ3n) is 7.15. The van der Waals surface area contributed by atoms with Gasteiger partial charge in [-0.05, 0) is 80.1 Å². The van der Waals surface area contributed by atoms with Crippen LogP contribution in [0.1, 0.15) is 48.3 Å². The number of halogens is 1. The number of amides is 1. The first-order valence-corrected chi connectivity index (χ1v) is 12.3. The van der Waals surface area contributed by atoms with E-state index in [2.05, 4.69) is 76.9 Å². The zero-order valence-electron chi connectivity index (χ0n) is 19.1. The summed E-state index contributed by atoms with van der Waals surface area (Å²) >= 11 is 6.20. The van der Waals surface area contributed by atoms with Crippen LogP contribution in [0.25, 0.3) is 0 Å². The number of hydrogen-bond donors (Lipinski definition) is 1. The van der Waals surface area contributed by atoms with Crippen LogP contribution < -0.4 is 5.32 Å². The Morgan fingerprint density at radius 1 is 0.879 bits per heavy atom. The van der Waals surface area contributed by atoms with E-state index in [9.17, 15) is 4.79 Å². The first kappa shape index (κ1) is 23.5. The van der Waals surface area contributed by atoms with Gasteiger partial charge in [-0.15, -0.1) is 0 Å². The Kier molecular flexibility index (Phi) is 8.20. The molecule has 1 saturated heterocycles. The van der Waals surface area contributed by atoms with Crippen molar-refractivity contribution in [3.8, 4) is 0 Å². The molecular weight excluding hydrogens is 428 g/mol. The predicted octanol–water partition coefficient (Wildman–Crippen LogP) is 6.03. The molecule has 0 bridgehead atoms.